The first-order valence-electron chi connectivity index (χ1n) is 5.22. The van der Waals surface area contributed by atoms with Crippen LogP contribution < -0.4 is 10.5 Å². The van der Waals surface area contributed by atoms with Crippen LogP contribution in [0.1, 0.15) is 18.5 Å². The minimum atomic E-state index is -0.0615. The van der Waals surface area contributed by atoms with E-state index >= 15 is 0 Å². The molecule has 1 aromatic carbocycles. The van der Waals surface area contributed by atoms with Crippen molar-refractivity contribution >= 4 is 23.1 Å². The fraction of sp³-hybridized carbons (Fsp3) is 0.250. The molecule has 0 spiro atoms. The van der Waals surface area contributed by atoms with Gasteiger partial charge in [-0.25, -0.2) is 4.98 Å². The van der Waals surface area contributed by atoms with Gasteiger partial charge in [-0.15, -0.1) is 11.3 Å². The summed E-state index contributed by atoms with van der Waals surface area (Å²) in [5.41, 5.74) is 7.05. The quantitative estimate of drug-likeness (QED) is 0.922. The van der Waals surface area contributed by atoms with Gasteiger partial charge in [0.25, 0.3) is 0 Å². The lowest BCUT2D eigenvalue weighted by atomic mass is 10.1. The number of thiazole rings is 1. The van der Waals surface area contributed by atoms with E-state index in [9.17, 15) is 0 Å². The van der Waals surface area contributed by atoms with Crippen LogP contribution in [0.3, 0.4) is 0 Å². The second-order valence-corrected chi connectivity index (χ2v) is 5.74. The zero-order valence-electron chi connectivity index (χ0n) is 9.71. The monoisotopic (exact) mass is 266 g/mol. The molecule has 1 atom stereocenters. The molecule has 3 nitrogen and oxygen atoms in total. The maximum atomic E-state index is 6.01. The molecule has 1 aromatic heterocycles. The molecule has 5 heteroatoms. The molecule has 2 rings (SSSR count). The Morgan fingerprint density at radius 1 is 1.47 bits per heavy atom. The molecule has 0 amide bonds. The lowest BCUT2D eigenvalue weighted by Crippen LogP contribution is -2.08. The Labute approximate surface area is 109 Å². The summed E-state index contributed by atoms with van der Waals surface area (Å²) in [5.74, 6) is 0.835. The second kappa shape index (κ2) is 5.53. The van der Waals surface area contributed by atoms with Crippen molar-refractivity contribution in [2.45, 2.75) is 22.2 Å². The summed E-state index contributed by atoms with van der Waals surface area (Å²) in [4.78, 5) is 5.37. The Bertz CT molecular complexity index is 483. The molecule has 2 N–H and O–H groups in total. The number of aromatic nitrogens is 1. The second-order valence-electron chi connectivity index (χ2n) is 3.56. The van der Waals surface area contributed by atoms with Gasteiger partial charge in [-0.05, 0) is 19.1 Å². The van der Waals surface area contributed by atoms with E-state index in [1.165, 1.54) is 0 Å². The van der Waals surface area contributed by atoms with Crippen molar-refractivity contribution in [2.75, 3.05) is 7.11 Å². The number of nitrogens with zero attached hydrogens (tertiary/aromatic N) is 1. The lowest BCUT2D eigenvalue weighted by molar-refractivity contribution is 0.405. The summed E-state index contributed by atoms with van der Waals surface area (Å²) in [5, 5.41) is 1.97. The number of rotatable bonds is 4. The minimum absolute atomic E-state index is 0.0615. The number of hydrogen-bond donors (Lipinski definition) is 1. The predicted octanol–water partition coefficient (Wildman–Crippen LogP) is 3.32. The standard InChI is InChI=1S/C12H14N2OS2/c1-8(13)11-9(15-2)4-3-5-10(11)17-12-14-6-7-16-12/h3-8H,13H2,1-2H3/t8-/m0/s1. The highest BCUT2D eigenvalue weighted by atomic mass is 32.2. The number of nitrogens with two attached hydrogens (primary N) is 1. The van der Waals surface area contributed by atoms with Gasteiger partial charge in [-0.1, -0.05) is 17.8 Å². The topological polar surface area (TPSA) is 48.1 Å². The fourth-order valence-electron chi connectivity index (χ4n) is 1.59. The van der Waals surface area contributed by atoms with Crippen LogP contribution in [-0.2, 0) is 0 Å². The van der Waals surface area contributed by atoms with Crippen LogP contribution in [0.4, 0.5) is 0 Å². The maximum Gasteiger partial charge on any atom is 0.154 e. The first-order valence-corrected chi connectivity index (χ1v) is 6.92. The Morgan fingerprint density at radius 2 is 2.29 bits per heavy atom. The van der Waals surface area contributed by atoms with Crippen molar-refractivity contribution < 1.29 is 4.74 Å². The van der Waals surface area contributed by atoms with Crippen molar-refractivity contribution in [2.24, 2.45) is 5.73 Å². The average molecular weight is 266 g/mol. The zero-order valence-corrected chi connectivity index (χ0v) is 11.3. The van der Waals surface area contributed by atoms with Crippen LogP contribution in [0, 0.1) is 0 Å². The molecule has 0 bridgehead atoms. The smallest absolute Gasteiger partial charge is 0.154 e. The van der Waals surface area contributed by atoms with E-state index in [1.807, 2.05) is 30.5 Å². The van der Waals surface area contributed by atoms with Crippen molar-refractivity contribution in [1.29, 1.82) is 0 Å². The highest BCUT2D eigenvalue weighted by Crippen LogP contribution is 2.38. The van der Waals surface area contributed by atoms with Crippen molar-refractivity contribution in [3.8, 4) is 5.75 Å². The van der Waals surface area contributed by atoms with E-state index in [0.717, 1.165) is 20.5 Å². The summed E-state index contributed by atoms with van der Waals surface area (Å²) >= 11 is 3.25. The zero-order chi connectivity index (χ0) is 12.3. The number of hydrogen-bond acceptors (Lipinski definition) is 5. The molecule has 0 radical (unpaired) electrons. The van der Waals surface area contributed by atoms with E-state index in [-0.39, 0.29) is 6.04 Å². The van der Waals surface area contributed by atoms with E-state index < -0.39 is 0 Å². The average Bonchev–Trinajstić information content (AvgIpc) is 2.81. The molecular weight excluding hydrogens is 252 g/mol. The van der Waals surface area contributed by atoms with Gasteiger partial charge in [0.2, 0.25) is 0 Å². The SMILES string of the molecule is COc1cccc(Sc2nccs2)c1[C@H](C)N. The third kappa shape index (κ3) is 2.80. The van der Waals surface area contributed by atoms with Crippen molar-refractivity contribution in [1.82, 2.24) is 4.98 Å². The molecule has 17 heavy (non-hydrogen) atoms. The highest BCUT2D eigenvalue weighted by Gasteiger charge is 2.14. The third-order valence-corrected chi connectivity index (χ3v) is 4.27. The first kappa shape index (κ1) is 12.4. The van der Waals surface area contributed by atoms with Gasteiger partial charge in [-0.2, -0.15) is 0 Å². The first-order chi connectivity index (χ1) is 8.22. The minimum Gasteiger partial charge on any atom is -0.496 e. The number of ether oxygens (including phenoxy) is 1. The van der Waals surface area contributed by atoms with E-state index in [2.05, 4.69) is 4.98 Å². The Hall–Kier alpha value is -1.04. The molecule has 1 heterocycles. The molecule has 0 aliphatic heterocycles. The van der Waals surface area contributed by atoms with Crippen molar-refractivity contribution in [3.05, 3.63) is 35.3 Å². The normalized spacial score (nSPS) is 12.4. The van der Waals surface area contributed by atoms with E-state index in [1.54, 1.807) is 36.4 Å². The fourth-order valence-corrected chi connectivity index (χ4v) is 3.43. The molecule has 0 saturated heterocycles. The Morgan fingerprint density at radius 3 is 2.88 bits per heavy atom. The predicted molar refractivity (Wildman–Crippen MR) is 71.8 cm³/mol. The van der Waals surface area contributed by atoms with Crippen LogP contribution in [0.25, 0.3) is 0 Å². The molecule has 0 aliphatic carbocycles. The van der Waals surface area contributed by atoms with E-state index in [4.69, 9.17) is 10.5 Å². The van der Waals surface area contributed by atoms with Gasteiger partial charge in [-0.3, -0.25) is 0 Å². The summed E-state index contributed by atoms with van der Waals surface area (Å²) in [6.07, 6.45) is 1.80. The van der Waals surface area contributed by atoms with Gasteiger partial charge in [0.15, 0.2) is 4.34 Å². The molecule has 0 saturated carbocycles. The van der Waals surface area contributed by atoms with Gasteiger partial charge in [0.05, 0.1) is 7.11 Å². The van der Waals surface area contributed by atoms with Crippen molar-refractivity contribution in [3.63, 3.8) is 0 Å². The summed E-state index contributed by atoms with van der Waals surface area (Å²) < 4.78 is 6.37. The van der Waals surface area contributed by atoms with Gasteiger partial charge in [0, 0.05) is 28.1 Å². The van der Waals surface area contributed by atoms with Crippen LogP contribution in [0.15, 0.2) is 39.0 Å². The Balaban J connectivity index is 2.39. The van der Waals surface area contributed by atoms with Crippen LogP contribution in [0.2, 0.25) is 0 Å². The molecule has 0 unspecified atom stereocenters. The lowest BCUT2D eigenvalue weighted by Gasteiger charge is -2.15. The molecule has 90 valence electrons. The third-order valence-electron chi connectivity index (χ3n) is 2.31. The summed E-state index contributed by atoms with van der Waals surface area (Å²) in [6.45, 7) is 1.96. The van der Waals surface area contributed by atoms with Gasteiger partial charge in [0.1, 0.15) is 5.75 Å². The summed E-state index contributed by atoms with van der Waals surface area (Å²) in [6, 6.07) is 5.90. The van der Waals surface area contributed by atoms with Gasteiger partial charge >= 0.3 is 0 Å². The molecule has 0 aliphatic rings. The van der Waals surface area contributed by atoms with Crippen LogP contribution >= 0.6 is 23.1 Å². The van der Waals surface area contributed by atoms with Gasteiger partial charge < -0.3 is 10.5 Å². The maximum absolute atomic E-state index is 6.01. The number of methoxy groups -OCH3 is 1. The largest absolute Gasteiger partial charge is 0.496 e. The number of benzene rings is 1. The highest BCUT2D eigenvalue weighted by molar-refractivity contribution is 8.01. The molecule has 0 fully saturated rings. The summed E-state index contributed by atoms with van der Waals surface area (Å²) in [7, 11) is 1.67. The molecule has 2 aromatic rings. The van der Waals surface area contributed by atoms with Crippen LogP contribution in [0.5, 0.6) is 5.75 Å². The van der Waals surface area contributed by atoms with E-state index in [0.29, 0.717) is 0 Å². The molecular formula is C12H14N2OS2. The Kier molecular flexibility index (Phi) is 4.04. The van der Waals surface area contributed by atoms with Crippen LogP contribution in [-0.4, -0.2) is 12.1 Å².